The molecule has 1 saturated heterocycles. The highest BCUT2D eigenvalue weighted by Crippen LogP contribution is 2.20. The minimum Gasteiger partial charge on any atom is -0.449 e. The maximum absolute atomic E-state index is 11.6. The lowest BCUT2D eigenvalue weighted by atomic mass is 10.2. The van der Waals surface area contributed by atoms with Gasteiger partial charge in [0.25, 0.3) is 0 Å². The first-order valence-electron chi connectivity index (χ1n) is 5.66. The van der Waals surface area contributed by atoms with Crippen LogP contribution in [0.25, 0.3) is 0 Å². The van der Waals surface area contributed by atoms with Gasteiger partial charge in [0, 0.05) is 19.0 Å². The fraction of sp³-hybridized carbons (Fsp3) is 0.818. The van der Waals surface area contributed by atoms with E-state index < -0.39 is 0 Å². The van der Waals surface area contributed by atoms with Crippen LogP contribution in [0.5, 0.6) is 0 Å². The van der Waals surface area contributed by atoms with Gasteiger partial charge in [-0.1, -0.05) is 13.3 Å². The fourth-order valence-electron chi connectivity index (χ4n) is 1.82. The van der Waals surface area contributed by atoms with Crippen LogP contribution in [0.1, 0.15) is 39.0 Å². The number of nitrogens with zero attached hydrogens (tertiary/aromatic N) is 1. The average molecular weight is 213 g/mol. The van der Waals surface area contributed by atoms with Gasteiger partial charge in [0.2, 0.25) is 0 Å². The Morgan fingerprint density at radius 1 is 1.60 bits per heavy atom. The molecule has 1 heterocycles. The Bertz CT molecular complexity index is 218. The Morgan fingerprint density at radius 3 is 3.07 bits per heavy atom. The van der Waals surface area contributed by atoms with Gasteiger partial charge in [-0.05, 0) is 19.3 Å². The molecule has 0 spiro atoms. The highest BCUT2D eigenvalue weighted by atomic mass is 16.6. The van der Waals surface area contributed by atoms with Crippen molar-refractivity contribution in [2.45, 2.75) is 45.1 Å². The molecule has 0 radical (unpaired) electrons. The summed E-state index contributed by atoms with van der Waals surface area (Å²) in [5.74, 6) is 0. The molecule has 1 atom stereocenters. The fourth-order valence-corrected chi connectivity index (χ4v) is 1.82. The first-order valence-corrected chi connectivity index (χ1v) is 5.66. The van der Waals surface area contributed by atoms with Crippen LogP contribution < -0.4 is 0 Å². The number of likely N-dealkylation sites (tertiary alicyclic amines) is 1. The molecule has 4 heteroatoms. The average Bonchev–Trinajstić information content (AvgIpc) is 2.67. The van der Waals surface area contributed by atoms with E-state index in [2.05, 4.69) is 6.92 Å². The predicted octanol–water partition coefficient (Wildman–Crippen LogP) is 1.98. The van der Waals surface area contributed by atoms with Gasteiger partial charge in [0.15, 0.2) is 0 Å². The van der Waals surface area contributed by atoms with Crippen LogP contribution in [0.3, 0.4) is 0 Å². The molecule has 0 saturated carbocycles. The minimum atomic E-state index is -0.257. The zero-order valence-corrected chi connectivity index (χ0v) is 9.28. The number of hydrogen-bond acceptors (Lipinski definition) is 3. The monoisotopic (exact) mass is 213 g/mol. The first kappa shape index (κ1) is 12.0. The van der Waals surface area contributed by atoms with E-state index in [4.69, 9.17) is 4.74 Å². The maximum atomic E-state index is 11.6. The summed E-state index contributed by atoms with van der Waals surface area (Å²) in [4.78, 5) is 23.7. The smallest absolute Gasteiger partial charge is 0.410 e. The molecule has 86 valence electrons. The van der Waals surface area contributed by atoms with Crippen molar-refractivity contribution in [1.29, 1.82) is 0 Å². The summed E-state index contributed by atoms with van der Waals surface area (Å²) >= 11 is 0. The molecule has 1 amide bonds. The van der Waals surface area contributed by atoms with Crippen molar-refractivity contribution in [3.63, 3.8) is 0 Å². The number of amides is 1. The second kappa shape index (κ2) is 6.43. The Labute approximate surface area is 90.6 Å². The van der Waals surface area contributed by atoms with Crippen molar-refractivity contribution >= 4 is 12.4 Å². The van der Waals surface area contributed by atoms with Crippen molar-refractivity contribution in [2.24, 2.45) is 0 Å². The van der Waals surface area contributed by atoms with Crippen LogP contribution in [-0.2, 0) is 9.53 Å². The van der Waals surface area contributed by atoms with Gasteiger partial charge in [0.05, 0.1) is 6.61 Å². The summed E-state index contributed by atoms with van der Waals surface area (Å²) in [7, 11) is 0. The number of ether oxygens (including phenoxy) is 1. The van der Waals surface area contributed by atoms with Gasteiger partial charge in [-0.3, -0.25) is 0 Å². The lowest BCUT2D eigenvalue weighted by Gasteiger charge is -2.22. The lowest BCUT2D eigenvalue weighted by Crippen LogP contribution is -2.36. The summed E-state index contributed by atoms with van der Waals surface area (Å²) < 4.78 is 5.11. The van der Waals surface area contributed by atoms with Gasteiger partial charge in [0.1, 0.15) is 6.29 Å². The van der Waals surface area contributed by atoms with E-state index in [1.165, 1.54) is 0 Å². The molecule has 0 bridgehead atoms. The largest absolute Gasteiger partial charge is 0.449 e. The summed E-state index contributed by atoms with van der Waals surface area (Å²) in [6.45, 7) is 3.27. The first-order chi connectivity index (χ1) is 7.29. The number of hydrogen-bond donors (Lipinski definition) is 0. The minimum absolute atomic E-state index is 0.0663. The van der Waals surface area contributed by atoms with Crippen LogP contribution in [-0.4, -0.2) is 36.5 Å². The second-order valence-electron chi connectivity index (χ2n) is 3.86. The van der Waals surface area contributed by atoms with E-state index in [1.54, 1.807) is 4.90 Å². The zero-order chi connectivity index (χ0) is 11.1. The van der Waals surface area contributed by atoms with Gasteiger partial charge >= 0.3 is 6.09 Å². The normalized spacial score (nSPS) is 20.3. The van der Waals surface area contributed by atoms with Crippen molar-refractivity contribution in [3.05, 3.63) is 0 Å². The van der Waals surface area contributed by atoms with E-state index in [0.29, 0.717) is 13.0 Å². The van der Waals surface area contributed by atoms with Crippen LogP contribution in [0.15, 0.2) is 0 Å². The van der Waals surface area contributed by atoms with Gasteiger partial charge in [-0.2, -0.15) is 0 Å². The van der Waals surface area contributed by atoms with Crippen molar-refractivity contribution in [2.75, 3.05) is 13.2 Å². The summed E-state index contributed by atoms with van der Waals surface area (Å²) in [6.07, 6.45) is 4.87. The van der Waals surface area contributed by atoms with Crippen LogP contribution >= 0.6 is 0 Å². The molecule has 15 heavy (non-hydrogen) atoms. The topological polar surface area (TPSA) is 46.6 Å². The third kappa shape index (κ3) is 3.53. The number of carbonyl (C=O) groups excluding carboxylic acids is 2. The van der Waals surface area contributed by atoms with E-state index in [1.807, 2.05) is 0 Å². The molecule has 1 aliphatic heterocycles. The Kier molecular flexibility index (Phi) is 5.15. The molecule has 0 aliphatic carbocycles. The zero-order valence-electron chi connectivity index (χ0n) is 9.28. The van der Waals surface area contributed by atoms with Crippen LogP contribution in [0, 0.1) is 0 Å². The number of unbranched alkanes of at least 4 members (excludes halogenated alkanes) is 1. The quantitative estimate of drug-likeness (QED) is 0.518. The molecule has 1 unspecified atom stereocenters. The van der Waals surface area contributed by atoms with E-state index in [0.717, 1.165) is 38.5 Å². The number of rotatable bonds is 5. The maximum Gasteiger partial charge on any atom is 0.410 e. The third-order valence-electron chi connectivity index (χ3n) is 2.70. The van der Waals surface area contributed by atoms with E-state index in [9.17, 15) is 9.59 Å². The Hall–Kier alpha value is -1.06. The summed E-state index contributed by atoms with van der Waals surface area (Å²) in [5, 5.41) is 0. The molecule has 0 aromatic carbocycles. The molecule has 1 aliphatic rings. The number of aldehydes is 1. The third-order valence-corrected chi connectivity index (χ3v) is 2.70. The Morgan fingerprint density at radius 2 is 2.40 bits per heavy atom. The van der Waals surface area contributed by atoms with Gasteiger partial charge in [-0.25, -0.2) is 4.79 Å². The van der Waals surface area contributed by atoms with Crippen molar-refractivity contribution < 1.29 is 14.3 Å². The van der Waals surface area contributed by atoms with Crippen LogP contribution in [0.2, 0.25) is 0 Å². The van der Waals surface area contributed by atoms with Crippen LogP contribution in [0.4, 0.5) is 4.79 Å². The standard InChI is InChI=1S/C11H19NO3/c1-2-3-9-15-11(14)12-7-4-5-10(12)6-8-13/h8,10H,2-7,9H2,1H3. The highest BCUT2D eigenvalue weighted by Gasteiger charge is 2.29. The molecule has 1 rings (SSSR count). The lowest BCUT2D eigenvalue weighted by molar-refractivity contribution is -0.108. The predicted molar refractivity (Wildman–Crippen MR) is 56.7 cm³/mol. The summed E-state index contributed by atoms with van der Waals surface area (Å²) in [5.41, 5.74) is 0. The molecule has 4 nitrogen and oxygen atoms in total. The number of carbonyl (C=O) groups is 2. The molecular weight excluding hydrogens is 194 g/mol. The second-order valence-corrected chi connectivity index (χ2v) is 3.86. The SMILES string of the molecule is CCCCOC(=O)N1CCCC1CC=O. The van der Waals surface area contributed by atoms with Crippen molar-refractivity contribution in [3.8, 4) is 0 Å². The molecule has 0 aromatic rings. The molecule has 1 fully saturated rings. The van der Waals surface area contributed by atoms with E-state index in [-0.39, 0.29) is 12.1 Å². The van der Waals surface area contributed by atoms with E-state index >= 15 is 0 Å². The van der Waals surface area contributed by atoms with Gasteiger partial charge in [-0.15, -0.1) is 0 Å². The highest BCUT2D eigenvalue weighted by molar-refractivity contribution is 5.69. The molecular formula is C11H19NO3. The molecule has 0 N–H and O–H groups in total. The molecule has 0 aromatic heterocycles. The van der Waals surface area contributed by atoms with Crippen molar-refractivity contribution in [1.82, 2.24) is 4.90 Å². The Balaban J connectivity index is 2.33. The van der Waals surface area contributed by atoms with Gasteiger partial charge < -0.3 is 14.4 Å². The summed E-state index contributed by atoms with van der Waals surface area (Å²) in [6, 6.07) is 0.0663.